The van der Waals surface area contributed by atoms with Crippen molar-refractivity contribution in [3.8, 4) is 0 Å². The fourth-order valence-electron chi connectivity index (χ4n) is 2.98. The lowest BCUT2D eigenvalue weighted by Crippen LogP contribution is -2.44. The van der Waals surface area contributed by atoms with Gasteiger partial charge in [-0.25, -0.2) is 4.39 Å². The Balaban J connectivity index is 1.69. The van der Waals surface area contributed by atoms with Gasteiger partial charge in [-0.15, -0.1) is 0 Å². The van der Waals surface area contributed by atoms with Gasteiger partial charge in [-0.2, -0.15) is 0 Å². The van der Waals surface area contributed by atoms with Gasteiger partial charge in [0.2, 0.25) is 5.91 Å². The second kappa shape index (κ2) is 7.78. The lowest BCUT2D eigenvalue weighted by molar-refractivity contribution is -0.121. The van der Waals surface area contributed by atoms with E-state index < -0.39 is 5.82 Å². The van der Waals surface area contributed by atoms with Crippen LogP contribution in [-0.4, -0.2) is 29.8 Å². The van der Waals surface area contributed by atoms with Crippen LogP contribution in [0.4, 0.5) is 10.1 Å². The molecule has 2 amide bonds. The molecule has 130 valence electrons. The number of hydrogen-bond acceptors (Lipinski definition) is 2. The summed E-state index contributed by atoms with van der Waals surface area (Å²) >= 11 is 3.40. The predicted molar refractivity (Wildman–Crippen MR) is 97.8 cm³/mol. The molecule has 1 fully saturated rings. The van der Waals surface area contributed by atoms with Crippen LogP contribution in [0, 0.1) is 11.7 Å². The van der Waals surface area contributed by atoms with Crippen molar-refractivity contribution in [2.45, 2.75) is 12.8 Å². The molecule has 4 nitrogen and oxygen atoms in total. The molecule has 0 saturated carbocycles. The molecule has 0 bridgehead atoms. The van der Waals surface area contributed by atoms with E-state index in [4.69, 9.17) is 0 Å². The maximum atomic E-state index is 13.9. The maximum absolute atomic E-state index is 13.9. The molecule has 2 aromatic rings. The number of halogens is 2. The Kier molecular flexibility index (Phi) is 5.48. The number of rotatable bonds is 3. The van der Waals surface area contributed by atoms with Crippen LogP contribution in [0.2, 0.25) is 0 Å². The van der Waals surface area contributed by atoms with E-state index in [1.54, 1.807) is 17.0 Å². The van der Waals surface area contributed by atoms with Gasteiger partial charge < -0.3 is 10.2 Å². The topological polar surface area (TPSA) is 49.4 Å². The van der Waals surface area contributed by atoms with Gasteiger partial charge in [-0.05, 0) is 53.0 Å². The number of likely N-dealkylation sites (tertiary alicyclic amines) is 1. The Morgan fingerprint density at radius 2 is 1.84 bits per heavy atom. The lowest BCUT2D eigenvalue weighted by Gasteiger charge is -2.32. The standard InChI is InChI=1S/C19H18BrFN2O2/c20-15-8-2-4-10-17(15)22-18(24)13-6-5-11-23(12-13)19(25)14-7-1-3-9-16(14)21/h1-4,7-10,13H,5-6,11-12H2,(H,22,24). The fraction of sp³-hybridized carbons (Fsp3) is 0.263. The minimum Gasteiger partial charge on any atom is -0.338 e. The van der Waals surface area contributed by atoms with E-state index >= 15 is 0 Å². The Morgan fingerprint density at radius 1 is 1.12 bits per heavy atom. The number of anilines is 1. The summed E-state index contributed by atoms with van der Waals surface area (Å²) in [5, 5.41) is 2.89. The van der Waals surface area contributed by atoms with Gasteiger partial charge >= 0.3 is 0 Å². The summed E-state index contributed by atoms with van der Waals surface area (Å²) in [6.07, 6.45) is 1.42. The Morgan fingerprint density at radius 3 is 2.60 bits per heavy atom. The molecule has 1 saturated heterocycles. The molecule has 3 rings (SSSR count). The SMILES string of the molecule is O=C(Nc1ccccc1Br)C1CCCN(C(=O)c2ccccc2F)C1. The van der Waals surface area contributed by atoms with Crippen LogP contribution in [0.5, 0.6) is 0 Å². The molecule has 2 aromatic carbocycles. The van der Waals surface area contributed by atoms with Crippen LogP contribution in [0.15, 0.2) is 53.0 Å². The molecule has 25 heavy (non-hydrogen) atoms. The quantitative estimate of drug-likeness (QED) is 0.837. The summed E-state index contributed by atoms with van der Waals surface area (Å²) in [5.74, 6) is -1.33. The van der Waals surface area contributed by atoms with E-state index in [0.717, 1.165) is 4.47 Å². The monoisotopic (exact) mass is 404 g/mol. The molecule has 1 aliphatic rings. The van der Waals surface area contributed by atoms with Crippen molar-refractivity contribution in [3.63, 3.8) is 0 Å². The van der Waals surface area contributed by atoms with Crippen molar-refractivity contribution in [1.82, 2.24) is 4.90 Å². The minimum absolute atomic E-state index is 0.0503. The summed E-state index contributed by atoms with van der Waals surface area (Å²) in [4.78, 5) is 26.7. The van der Waals surface area contributed by atoms with Crippen LogP contribution in [0.3, 0.4) is 0 Å². The molecule has 1 aliphatic heterocycles. The fourth-order valence-corrected chi connectivity index (χ4v) is 3.36. The first-order chi connectivity index (χ1) is 12.1. The van der Waals surface area contributed by atoms with Crippen molar-refractivity contribution in [1.29, 1.82) is 0 Å². The zero-order chi connectivity index (χ0) is 17.8. The average molecular weight is 405 g/mol. The number of amides is 2. The molecule has 1 heterocycles. The Labute approximate surface area is 154 Å². The van der Waals surface area contributed by atoms with Gasteiger partial charge in [0, 0.05) is 17.6 Å². The number of piperidine rings is 1. The molecule has 1 atom stereocenters. The van der Waals surface area contributed by atoms with Crippen LogP contribution >= 0.6 is 15.9 Å². The second-order valence-corrected chi connectivity index (χ2v) is 6.89. The van der Waals surface area contributed by atoms with Gasteiger partial charge in [0.1, 0.15) is 5.82 Å². The van der Waals surface area contributed by atoms with Gasteiger partial charge in [-0.1, -0.05) is 24.3 Å². The number of hydrogen-bond donors (Lipinski definition) is 1. The Bertz CT molecular complexity index is 796. The number of nitrogens with one attached hydrogen (secondary N) is 1. The van der Waals surface area contributed by atoms with Gasteiger partial charge in [0.05, 0.1) is 17.2 Å². The van der Waals surface area contributed by atoms with Crippen molar-refractivity contribution >= 4 is 33.4 Å². The minimum atomic E-state index is -0.535. The van der Waals surface area contributed by atoms with E-state index in [-0.39, 0.29) is 23.3 Å². The summed E-state index contributed by atoms with van der Waals surface area (Å²) in [5.41, 5.74) is 0.749. The molecular weight excluding hydrogens is 387 g/mol. The highest BCUT2D eigenvalue weighted by Crippen LogP contribution is 2.25. The molecule has 0 spiro atoms. The first-order valence-electron chi connectivity index (χ1n) is 8.15. The molecule has 6 heteroatoms. The second-order valence-electron chi connectivity index (χ2n) is 6.04. The summed E-state index contributed by atoms with van der Waals surface area (Å²) in [6.45, 7) is 0.829. The maximum Gasteiger partial charge on any atom is 0.256 e. The largest absolute Gasteiger partial charge is 0.338 e. The molecule has 1 unspecified atom stereocenters. The van der Waals surface area contributed by atoms with Crippen molar-refractivity contribution in [3.05, 3.63) is 64.4 Å². The third kappa shape index (κ3) is 4.07. The highest BCUT2D eigenvalue weighted by atomic mass is 79.9. The van der Waals surface area contributed by atoms with E-state index in [0.29, 0.717) is 31.6 Å². The number of benzene rings is 2. The van der Waals surface area contributed by atoms with Crippen LogP contribution in [0.1, 0.15) is 23.2 Å². The van der Waals surface area contributed by atoms with Crippen LogP contribution in [0.25, 0.3) is 0 Å². The van der Waals surface area contributed by atoms with E-state index in [9.17, 15) is 14.0 Å². The third-order valence-electron chi connectivity index (χ3n) is 4.32. The lowest BCUT2D eigenvalue weighted by atomic mass is 9.96. The molecule has 0 aromatic heterocycles. The molecule has 1 N–H and O–H groups in total. The van der Waals surface area contributed by atoms with E-state index in [1.807, 2.05) is 24.3 Å². The number of carbonyl (C=O) groups excluding carboxylic acids is 2. The van der Waals surface area contributed by atoms with Gasteiger partial charge in [-0.3, -0.25) is 9.59 Å². The highest BCUT2D eigenvalue weighted by Gasteiger charge is 2.30. The number of nitrogens with zero attached hydrogens (tertiary/aromatic N) is 1. The zero-order valence-corrected chi connectivity index (χ0v) is 15.1. The molecular formula is C19H18BrFN2O2. The van der Waals surface area contributed by atoms with Crippen LogP contribution in [-0.2, 0) is 4.79 Å². The van der Waals surface area contributed by atoms with Crippen molar-refractivity contribution in [2.24, 2.45) is 5.92 Å². The van der Waals surface area contributed by atoms with E-state index in [2.05, 4.69) is 21.2 Å². The third-order valence-corrected chi connectivity index (χ3v) is 5.01. The normalized spacial score (nSPS) is 17.2. The average Bonchev–Trinajstić information content (AvgIpc) is 2.63. The molecule has 0 aliphatic carbocycles. The predicted octanol–water partition coefficient (Wildman–Crippen LogP) is 4.08. The van der Waals surface area contributed by atoms with Crippen molar-refractivity contribution < 1.29 is 14.0 Å². The van der Waals surface area contributed by atoms with Gasteiger partial charge in [0.25, 0.3) is 5.91 Å². The summed E-state index contributed by atoms with van der Waals surface area (Å²) < 4.78 is 14.7. The molecule has 0 radical (unpaired) electrons. The highest BCUT2D eigenvalue weighted by molar-refractivity contribution is 9.10. The summed E-state index contributed by atoms with van der Waals surface area (Å²) in [6, 6.07) is 13.3. The van der Waals surface area contributed by atoms with Gasteiger partial charge in [0.15, 0.2) is 0 Å². The summed E-state index contributed by atoms with van der Waals surface area (Å²) in [7, 11) is 0. The first-order valence-corrected chi connectivity index (χ1v) is 8.95. The number of para-hydroxylation sites is 1. The number of carbonyl (C=O) groups is 2. The van der Waals surface area contributed by atoms with Crippen LogP contribution < -0.4 is 5.32 Å². The van der Waals surface area contributed by atoms with Crippen molar-refractivity contribution in [2.75, 3.05) is 18.4 Å². The first kappa shape index (κ1) is 17.6. The smallest absolute Gasteiger partial charge is 0.256 e. The zero-order valence-electron chi connectivity index (χ0n) is 13.5. The Hall–Kier alpha value is -2.21. The van der Waals surface area contributed by atoms with E-state index in [1.165, 1.54) is 12.1 Å².